The second kappa shape index (κ2) is 6.95. The summed E-state index contributed by atoms with van der Waals surface area (Å²) in [4.78, 5) is 11.8. The molecule has 1 aromatic heterocycles. The number of fused-ring (bicyclic) bond motifs is 1. The van der Waals surface area contributed by atoms with Gasteiger partial charge in [-0.3, -0.25) is 4.79 Å². The van der Waals surface area contributed by atoms with Gasteiger partial charge in [0.15, 0.2) is 28.6 Å². The highest BCUT2D eigenvalue weighted by molar-refractivity contribution is 7.99. The van der Waals surface area contributed by atoms with Crippen molar-refractivity contribution in [3.8, 4) is 11.5 Å². The van der Waals surface area contributed by atoms with Crippen LogP contribution in [0.5, 0.6) is 11.5 Å². The summed E-state index contributed by atoms with van der Waals surface area (Å²) < 4.78 is 18.8. The Bertz CT molecular complexity index is 769. The number of rotatable bonds is 4. The minimum atomic E-state index is -0.497. The number of hydrogen-bond acceptors (Lipinski definition) is 7. The van der Waals surface area contributed by atoms with E-state index in [9.17, 15) is 4.79 Å². The topological polar surface area (TPSA) is 75.5 Å². The van der Waals surface area contributed by atoms with Crippen LogP contribution in [-0.4, -0.2) is 38.7 Å². The summed E-state index contributed by atoms with van der Waals surface area (Å²) >= 11 is 1.28. The van der Waals surface area contributed by atoms with Gasteiger partial charge in [-0.25, -0.2) is 0 Å². The van der Waals surface area contributed by atoms with Crippen molar-refractivity contribution < 1.29 is 19.0 Å². The summed E-state index contributed by atoms with van der Waals surface area (Å²) in [6.45, 7) is 5.89. The molecule has 0 radical (unpaired) electrons. The lowest BCUT2D eigenvalue weighted by Gasteiger charge is -2.25. The fourth-order valence-electron chi connectivity index (χ4n) is 2.37. The Morgan fingerprint density at radius 2 is 2.04 bits per heavy atom. The number of carbonyl (C=O) groups is 1. The van der Waals surface area contributed by atoms with Crippen LogP contribution >= 0.6 is 11.8 Å². The molecular formula is C17H21N3O4S. The first-order chi connectivity index (χ1) is 11.8. The van der Waals surface area contributed by atoms with Crippen molar-refractivity contribution in [1.29, 1.82) is 0 Å². The maximum Gasteiger partial charge on any atom is 0.316 e. The van der Waals surface area contributed by atoms with Crippen LogP contribution in [-0.2, 0) is 16.6 Å². The predicted molar refractivity (Wildman–Crippen MR) is 92.9 cm³/mol. The molecule has 25 heavy (non-hydrogen) atoms. The van der Waals surface area contributed by atoms with Crippen LogP contribution in [0.25, 0.3) is 0 Å². The van der Waals surface area contributed by atoms with Gasteiger partial charge in [-0.05, 0) is 32.9 Å². The van der Waals surface area contributed by atoms with Crippen molar-refractivity contribution in [2.24, 2.45) is 7.05 Å². The van der Waals surface area contributed by atoms with Gasteiger partial charge in [-0.15, -0.1) is 10.2 Å². The van der Waals surface area contributed by atoms with Gasteiger partial charge in [0.25, 0.3) is 0 Å². The Kier molecular flexibility index (Phi) is 4.89. The van der Waals surface area contributed by atoms with Gasteiger partial charge >= 0.3 is 5.97 Å². The molecule has 2 aromatic rings. The third kappa shape index (κ3) is 4.25. The average Bonchev–Trinajstić information content (AvgIpc) is 2.92. The van der Waals surface area contributed by atoms with E-state index in [1.54, 1.807) is 0 Å². The molecule has 0 bridgehead atoms. The van der Waals surface area contributed by atoms with Crippen LogP contribution < -0.4 is 9.47 Å². The number of thioether (sulfide) groups is 1. The zero-order chi connectivity index (χ0) is 18.0. The monoisotopic (exact) mass is 363 g/mol. The van der Waals surface area contributed by atoms with E-state index in [4.69, 9.17) is 14.2 Å². The number of esters is 1. The van der Waals surface area contributed by atoms with Crippen molar-refractivity contribution in [1.82, 2.24) is 14.8 Å². The second-order valence-corrected chi connectivity index (χ2v) is 7.58. The van der Waals surface area contributed by atoms with Crippen molar-refractivity contribution in [2.75, 3.05) is 12.4 Å². The molecule has 1 aliphatic heterocycles. The molecule has 0 saturated heterocycles. The zero-order valence-corrected chi connectivity index (χ0v) is 15.5. The van der Waals surface area contributed by atoms with E-state index < -0.39 is 5.60 Å². The van der Waals surface area contributed by atoms with Crippen LogP contribution in [0.4, 0.5) is 0 Å². The van der Waals surface area contributed by atoms with Crippen LogP contribution in [0.15, 0.2) is 29.4 Å². The third-order valence-corrected chi connectivity index (χ3v) is 4.40. The van der Waals surface area contributed by atoms with E-state index in [1.807, 2.05) is 56.7 Å². The van der Waals surface area contributed by atoms with Gasteiger partial charge < -0.3 is 18.8 Å². The Labute approximate surface area is 150 Å². The van der Waals surface area contributed by atoms with Crippen LogP contribution in [0.2, 0.25) is 0 Å². The van der Waals surface area contributed by atoms with Crippen molar-refractivity contribution >= 4 is 17.7 Å². The molecule has 8 heteroatoms. The van der Waals surface area contributed by atoms with Gasteiger partial charge in [-0.1, -0.05) is 23.9 Å². The predicted octanol–water partition coefficient (Wildman–Crippen LogP) is 2.76. The Morgan fingerprint density at radius 1 is 1.32 bits per heavy atom. The van der Waals surface area contributed by atoms with Gasteiger partial charge in [0.05, 0.1) is 5.75 Å². The lowest BCUT2D eigenvalue weighted by Crippen LogP contribution is -2.25. The molecule has 1 aromatic carbocycles. The van der Waals surface area contributed by atoms with Crippen molar-refractivity contribution in [2.45, 2.75) is 37.6 Å². The van der Waals surface area contributed by atoms with Gasteiger partial charge in [-0.2, -0.15) is 0 Å². The molecule has 1 aliphatic rings. The molecular weight excluding hydrogens is 342 g/mol. The van der Waals surface area contributed by atoms with E-state index in [-0.39, 0.29) is 17.8 Å². The number of ether oxygens (including phenoxy) is 3. The van der Waals surface area contributed by atoms with Gasteiger partial charge in [0.2, 0.25) is 0 Å². The maximum atomic E-state index is 11.8. The molecule has 0 spiro atoms. The standard InChI is InChI=1S/C17H21N3O4S/c1-17(2,3)24-14(21)10-25-16-19-18-15(20(16)4)13-9-22-11-7-5-6-8-12(11)23-13/h5-8,13H,9-10H2,1-4H3. The fourth-order valence-corrected chi connectivity index (χ4v) is 3.07. The number of aromatic nitrogens is 3. The first-order valence-electron chi connectivity index (χ1n) is 7.96. The lowest BCUT2D eigenvalue weighted by molar-refractivity contribution is -0.151. The highest BCUT2D eigenvalue weighted by Gasteiger charge is 2.27. The molecule has 1 unspecified atom stereocenters. The molecule has 1 atom stereocenters. The Hall–Kier alpha value is -2.22. The molecule has 0 amide bonds. The normalized spacial score (nSPS) is 16.6. The summed E-state index contributed by atoms with van der Waals surface area (Å²) in [5.41, 5.74) is -0.497. The highest BCUT2D eigenvalue weighted by Crippen LogP contribution is 2.35. The van der Waals surface area contributed by atoms with Crippen LogP contribution in [0, 0.1) is 0 Å². The smallest absolute Gasteiger partial charge is 0.316 e. The van der Waals surface area contributed by atoms with Gasteiger partial charge in [0, 0.05) is 7.05 Å². The third-order valence-electron chi connectivity index (χ3n) is 3.40. The average molecular weight is 363 g/mol. The van der Waals surface area contributed by atoms with E-state index in [2.05, 4.69) is 10.2 Å². The molecule has 3 rings (SSSR count). The number of para-hydroxylation sites is 2. The summed E-state index contributed by atoms with van der Waals surface area (Å²) in [6.07, 6.45) is -0.344. The number of benzene rings is 1. The van der Waals surface area contributed by atoms with E-state index >= 15 is 0 Å². The van der Waals surface area contributed by atoms with Crippen LogP contribution in [0.3, 0.4) is 0 Å². The summed E-state index contributed by atoms with van der Waals surface area (Å²) in [6, 6.07) is 7.51. The summed E-state index contributed by atoms with van der Waals surface area (Å²) in [7, 11) is 1.84. The van der Waals surface area contributed by atoms with Crippen molar-refractivity contribution in [3.05, 3.63) is 30.1 Å². The first kappa shape index (κ1) is 17.6. The minimum absolute atomic E-state index is 0.175. The fraction of sp³-hybridized carbons (Fsp3) is 0.471. The molecule has 0 N–H and O–H groups in total. The quantitative estimate of drug-likeness (QED) is 0.611. The van der Waals surface area contributed by atoms with E-state index in [0.29, 0.717) is 23.3 Å². The number of nitrogens with zero attached hydrogens (tertiary/aromatic N) is 3. The summed E-state index contributed by atoms with van der Waals surface area (Å²) in [5.74, 6) is 1.95. The minimum Gasteiger partial charge on any atom is -0.485 e. The molecule has 0 aliphatic carbocycles. The van der Waals surface area contributed by atoms with E-state index in [1.165, 1.54) is 11.8 Å². The molecule has 0 saturated carbocycles. The van der Waals surface area contributed by atoms with Gasteiger partial charge in [0.1, 0.15) is 12.2 Å². The molecule has 134 valence electrons. The largest absolute Gasteiger partial charge is 0.485 e. The highest BCUT2D eigenvalue weighted by atomic mass is 32.2. The Balaban J connectivity index is 1.65. The van der Waals surface area contributed by atoms with Crippen molar-refractivity contribution in [3.63, 3.8) is 0 Å². The lowest BCUT2D eigenvalue weighted by atomic mass is 10.2. The molecule has 7 nitrogen and oxygen atoms in total. The van der Waals surface area contributed by atoms with E-state index in [0.717, 1.165) is 5.75 Å². The molecule has 2 heterocycles. The SMILES string of the molecule is Cn1c(SCC(=O)OC(C)(C)C)nnc1C1COc2ccccc2O1. The maximum absolute atomic E-state index is 11.8. The van der Waals surface area contributed by atoms with Crippen LogP contribution in [0.1, 0.15) is 32.7 Å². The second-order valence-electron chi connectivity index (χ2n) is 6.64. The number of hydrogen-bond donors (Lipinski definition) is 0. The summed E-state index contributed by atoms with van der Waals surface area (Å²) in [5, 5.41) is 8.98. The first-order valence-corrected chi connectivity index (χ1v) is 8.94. The number of carbonyl (C=O) groups excluding carboxylic acids is 1. The Morgan fingerprint density at radius 3 is 2.76 bits per heavy atom. The zero-order valence-electron chi connectivity index (χ0n) is 14.7. The molecule has 0 fully saturated rings.